The van der Waals surface area contributed by atoms with Gasteiger partial charge in [-0.05, 0) is 51.4 Å². The predicted octanol–water partition coefficient (Wildman–Crippen LogP) is 6.33. The fourth-order valence-corrected chi connectivity index (χ4v) is 9.09. The summed E-state index contributed by atoms with van der Waals surface area (Å²) in [6.07, 6.45) is 30.1. The summed E-state index contributed by atoms with van der Waals surface area (Å²) in [6.45, 7) is 9.40. The minimum atomic E-state index is -0.657. The van der Waals surface area contributed by atoms with E-state index in [9.17, 15) is 0 Å². The molecule has 0 spiro atoms. The monoisotopic (exact) mass is 498 g/mol. The molecule has 0 nitrogen and oxygen atoms in total. The van der Waals surface area contributed by atoms with E-state index in [0.29, 0.717) is 0 Å². The first-order chi connectivity index (χ1) is 12.2. The number of halogens is 1. The van der Waals surface area contributed by atoms with E-state index >= 15 is 0 Å². The van der Waals surface area contributed by atoms with Crippen LogP contribution in [0.4, 0.5) is 0 Å². The Morgan fingerprint density at radius 3 is 0.769 bits per heavy atom. The standard InChI is InChI=1S/C24H52P.HI/c1-5-9-13-17-21-25(22-18-14-10-6-2,23-19-15-11-7-3)24-20-16-12-8-4;/h5-24H2,1-4H3;1H/q+1;/p-1. The van der Waals surface area contributed by atoms with Gasteiger partial charge in [0.05, 0.1) is 24.6 Å². The lowest BCUT2D eigenvalue weighted by atomic mass is 10.2. The number of hydrogen-bond acceptors (Lipinski definition) is 0. The maximum Gasteiger partial charge on any atom is 0.0594 e. The molecule has 0 N–H and O–H groups in total. The summed E-state index contributed by atoms with van der Waals surface area (Å²) in [5.74, 6) is 0. The third kappa shape index (κ3) is 17.3. The average molecular weight is 499 g/mol. The molecule has 0 saturated heterocycles. The second kappa shape index (κ2) is 22.4. The summed E-state index contributed by atoms with van der Waals surface area (Å²) in [5, 5.41) is 0. The van der Waals surface area contributed by atoms with Crippen molar-refractivity contribution in [2.24, 2.45) is 0 Å². The Morgan fingerprint density at radius 1 is 0.346 bits per heavy atom. The normalized spacial score (nSPS) is 11.5. The van der Waals surface area contributed by atoms with Gasteiger partial charge in [0.15, 0.2) is 0 Å². The molecule has 0 aromatic carbocycles. The predicted molar refractivity (Wildman–Crippen MR) is 123 cm³/mol. The lowest BCUT2D eigenvalue weighted by Gasteiger charge is -2.28. The average Bonchev–Trinajstić information content (AvgIpc) is 2.63. The topological polar surface area (TPSA) is 0 Å². The second-order valence-electron chi connectivity index (χ2n) is 8.48. The van der Waals surface area contributed by atoms with E-state index in [2.05, 4.69) is 27.7 Å². The van der Waals surface area contributed by atoms with Crippen LogP contribution in [0.5, 0.6) is 0 Å². The van der Waals surface area contributed by atoms with Crippen molar-refractivity contribution in [3.63, 3.8) is 0 Å². The first-order valence-corrected chi connectivity index (χ1v) is 14.6. The highest BCUT2D eigenvalue weighted by atomic mass is 127. The smallest absolute Gasteiger partial charge is 0.0594 e. The van der Waals surface area contributed by atoms with E-state index in [0.717, 1.165) is 0 Å². The minimum Gasteiger partial charge on any atom is -1.00 e. The van der Waals surface area contributed by atoms with Crippen LogP contribution in [0.2, 0.25) is 0 Å². The molecular formula is C24H52IP. The molecule has 0 aliphatic heterocycles. The van der Waals surface area contributed by atoms with Crippen molar-refractivity contribution in [2.75, 3.05) is 24.6 Å². The molecule has 0 aromatic rings. The number of rotatable bonds is 20. The molecule has 0 aromatic heterocycles. The van der Waals surface area contributed by atoms with Gasteiger partial charge in [0.25, 0.3) is 0 Å². The van der Waals surface area contributed by atoms with Gasteiger partial charge in [-0.25, -0.2) is 0 Å². The molecule has 0 rings (SSSR count). The minimum absolute atomic E-state index is 0. The van der Waals surface area contributed by atoms with Crippen LogP contribution in [0.1, 0.15) is 130 Å². The van der Waals surface area contributed by atoms with Crippen molar-refractivity contribution in [3.8, 4) is 0 Å². The van der Waals surface area contributed by atoms with E-state index < -0.39 is 7.26 Å². The van der Waals surface area contributed by atoms with Crippen LogP contribution in [0.3, 0.4) is 0 Å². The Bertz CT molecular complexity index is 201. The highest BCUT2D eigenvalue weighted by Crippen LogP contribution is 2.61. The Labute approximate surface area is 185 Å². The van der Waals surface area contributed by atoms with Crippen LogP contribution in [0, 0.1) is 0 Å². The Morgan fingerprint density at radius 2 is 0.577 bits per heavy atom. The Balaban J connectivity index is 0. The summed E-state index contributed by atoms with van der Waals surface area (Å²) < 4.78 is 0. The molecule has 160 valence electrons. The van der Waals surface area contributed by atoms with Crippen molar-refractivity contribution < 1.29 is 24.0 Å². The lowest BCUT2D eigenvalue weighted by molar-refractivity contribution is -0.00000580. The van der Waals surface area contributed by atoms with Crippen LogP contribution in [-0.4, -0.2) is 24.6 Å². The number of hydrogen-bond donors (Lipinski definition) is 0. The molecule has 0 atom stereocenters. The van der Waals surface area contributed by atoms with E-state index in [1.54, 1.807) is 24.6 Å². The Kier molecular flexibility index (Phi) is 25.4. The molecule has 0 aliphatic rings. The van der Waals surface area contributed by atoms with Gasteiger partial charge in [0, 0.05) is 7.26 Å². The summed E-state index contributed by atoms with van der Waals surface area (Å²) in [6, 6.07) is 0. The third-order valence-electron chi connectivity index (χ3n) is 5.94. The van der Waals surface area contributed by atoms with Gasteiger partial charge in [0.2, 0.25) is 0 Å². The maximum atomic E-state index is 2.35. The van der Waals surface area contributed by atoms with Gasteiger partial charge in [-0.15, -0.1) is 0 Å². The van der Waals surface area contributed by atoms with Gasteiger partial charge in [-0.2, -0.15) is 0 Å². The van der Waals surface area contributed by atoms with Crippen molar-refractivity contribution in [3.05, 3.63) is 0 Å². The third-order valence-corrected chi connectivity index (χ3v) is 11.0. The van der Waals surface area contributed by atoms with Gasteiger partial charge in [-0.1, -0.05) is 79.1 Å². The highest BCUT2D eigenvalue weighted by molar-refractivity contribution is 7.75. The summed E-state index contributed by atoms with van der Waals surface area (Å²) in [4.78, 5) is 0. The molecule has 0 fully saturated rings. The van der Waals surface area contributed by atoms with Crippen molar-refractivity contribution in [1.82, 2.24) is 0 Å². The quantitative estimate of drug-likeness (QED) is 0.105. The molecular weight excluding hydrogens is 446 g/mol. The van der Waals surface area contributed by atoms with Gasteiger partial charge >= 0.3 is 0 Å². The molecule has 0 radical (unpaired) electrons. The zero-order valence-electron chi connectivity index (χ0n) is 19.0. The summed E-state index contributed by atoms with van der Waals surface area (Å²) in [5.41, 5.74) is 0. The SMILES string of the molecule is CCCCCC[P+](CCCCCC)(CCCCCC)CCCCCC.[I-]. The second-order valence-corrected chi connectivity index (χ2v) is 13.0. The van der Waals surface area contributed by atoms with Crippen molar-refractivity contribution >= 4 is 7.26 Å². The van der Waals surface area contributed by atoms with Crippen LogP contribution < -0.4 is 24.0 Å². The molecule has 26 heavy (non-hydrogen) atoms. The number of unbranched alkanes of at least 4 members (excludes halogenated alkanes) is 12. The molecule has 0 heterocycles. The van der Waals surface area contributed by atoms with Crippen LogP contribution in [-0.2, 0) is 0 Å². The van der Waals surface area contributed by atoms with E-state index in [1.165, 1.54) is 103 Å². The van der Waals surface area contributed by atoms with Crippen molar-refractivity contribution in [1.29, 1.82) is 0 Å². The van der Waals surface area contributed by atoms with Crippen molar-refractivity contribution in [2.45, 2.75) is 130 Å². The van der Waals surface area contributed by atoms with E-state index in [-0.39, 0.29) is 24.0 Å². The summed E-state index contributed by atoms with van der Waals surface area (Å²) in [7, 11) is -0.657. The fourth-order valence-electron chi connectivity index (χ4n) is 4.17. The molecule has 0 aliphatic carbocycles. The zero-order valence-corrected chi connectivity index (χ0v) is 22.0. The molecule has 0 unspecified atom stereocenters. The van der Waals surface area contributed by atoms with Crippen LogP contribution in [0.15, 0.2) is 0 Å². The van der Waals surface area contributed by atoms with Gasteiger partial charge in [0.1, 0.15) is 0 Å². The molecule has 0 saturated carbocycles. The largest absolute Gasteiger partial charge is 1.00 e. The van der Waals surface area contributed by atoms with E-state index in [1.807, 2.05) is 0 Å². The summed E-state index contributed by atoms with van der Waals surface area (Å²) >= 11 is 0. The molecule has 2 heteroatoms. The molecule has 0 bridgehead atoms. The van der Waals surface area contributed by atoms with Crippen LogP contribution in [0.25, 0.3) is 0 Å². The fraction of sp³-hybridized carbons (Fsp3) is 1.00. The highest BCUT2D eigenvalue weighted by Gasteiger charge is 2.34. The van der Waals surface area contributed by atoms with E-state index in [4.69, 9.17) is 0 Å². The zero-order chi connectivity index (χ0) is 18.6. The Hall–Kier alpha value is 1.16. The van der Waals surface area contributed by atoms with Gasteiger partial charge in [-0.3, -0.25) is 0 Å². The van der Waals surface area contributed by atoms with Crippen LogP contribution >= 0.6 is 7.26 Å². The van der Waals surface area contributed by atoms with Gasteiger partial charge < -0.3 is 24.0 Å². The molecule has 0 amide bonds. The first-order valence-electron chi connectivity index (χ1n) is 12.1. The lowest BCUT2D eigenvalue weighted by Crippen LogP contribution is -3.00. The maximum absolute atomic E-state index is 2.35. The first kappa shape index (κ1) is 29.4.